The number of hydrogen-bond donors (Lipinski definition) is 1. The van der Waals surface area contributed by atoms with Crippen molar-refractivity contribution in [2.24, 2.45) is 0 Å². The number of methoxy groups -OCH3 is 1. The third-order valence-corrected chi connectivity index (χ3v) is 3.69. The van der Waals surface area contributed by atoms with Crippen molar-refractivity contribution in [3.05, 3.63) is 70.8 Å². The fourth-order valence-corrected chi connectivity index (χ4v) is 2.46. The van der Waals surface area contributed by atoms with Crippen molar-refractivity contribution < 1.29 is 9.47 Å². The molecule has 2 aromatic carbocycles. The molecule has 122 valence electrons. The topological polar surface area (TPSA) is 30.5 Å². The number of nitrogens with one attached hydrogen (secondary N) is 1. The summed E-state index contributed by atoms with van der Waals surface area (Å²) in [5.74, 6) is 1.21. The van der Waals surface area contributed by atoms with Gasteiger partial charge in [-0.15, -0.1) is 6.58 Å². The highest BCUT2D eigenvalue weighted by Crippen LogP contribution is 2.37. The van der Waals surface area contributed by atoms with Crippen LogP contribution in [0.25, 0.3) is 0 Å². The molecule has 2 aromatic rings. The van der Waals surface area contributed by atoms with Crippen LogP contribution in [0, 0.1) is 6.92 Å². The van der Waals surface area contributed by atoms with Gasteiger partial charge in [-0.25, -0.2) is 0 Å². The smallest absolute Gasteiger partial charge is 0.180 e. The van der Waals surface area contributed by atoms with Gasteiger partial charge in [0.2, 0.25) is 0 Å². The minimum atomic E-state index is 0.449. The van der Waals surface area contributed by atoms with E-state index in [1.54, 1.807) is 7.11 Å². The van der Waals surface area contributed by atoms with Crippen LogP contribution < -0.4 is 14.8 Å². The molecule has 0 amide bonds. The zero-order chi connectivity index (χ0) is 16.7. The highest BCUT2D eigenvalue weighted by atomic mass is 35.5. The van der Waals surface area contributed by atoms with Crippen molar-refractivity contribution >= 4 is 11.6 Å². The van der Waals surface area contributed by atoms with Crippen LogP contribution in [-0.4, -0.2) is 13.7 Å². The molecule has 0 bridgehead atoms. The molecule has 0 spiro atoms. The first-order chi connectivity index (χ1) is 11.1. The van der Waals surface area contributed by atoms with E-state index in [-0.39, 0.29) is 0 Å². The lowest BCUT2D eigenvalue weighted by Crippen LogP contribution is -2.12. The summed E-state index contributed by atoms with van der Waals surface area (Å²) < 4.78 is 11.3. The summed E-state index contributed by atoms with van der Waals surface area (Å²) in [5, 5.41) is 3.79. The molecule has 3 nitrogen and oxygen atoms in total. The number of aryl methyl sites for hydroxylation is 1. The van der Waals surface area contributed by atoms with Crippen molar-refractivity contribution in [1.29, 1.82) is 0 Å². The van der Waals surface area contributed by atoms with Crippen molar-refractivity contribution in [3.8, 4) is 11.5 Å². The Morgan fingerprint density at radius 3 is 2.57 bits per heavy atom. The summed E-state index contributed by atoms with van der Waals surface area (Å²) in [6.07, 6.45) is 1.82. The average Bonchev–Trinajstić information content (AvgIpc) is 2.55. The fourth-order valence-electron chi connectivity index (χ4n) is 2.17. The Hall–Kier alpha value is -1.97. The van der Waals surface area contributed by atoms with Crippen molar-refractivity contribution in [2.75, 3.05) is 13.7 Å². The standard InChI is InChI=1S/C19H22ClNO2/c1-4-9-21-12-16-10-17(20)19(18(11-16)22-3)23-13-15-7-5-14(2)6-8-15/h4-8,10-11,21H,1,9,12-13H2,2-3H3. The predicted molar refractivity (Wildman–Crippen MR) is 95.4 cm³/mol. The van der Waals surface area contributed by atoms with E-state index in [1.165, 1.54) is 5.56 Å². The molecule has 0 fully saturated rings. The summed E-state index contributed by atoms with van der Waals surface area (Å²) in [5.41, 5.74) is 3.35. The minimum Gasteiger partial charge on any atom is -0.493 e. The van der Waals surface area contributed by atoms with Gasteiger partial charge in [-0.3, -0.25) is 0 Å². The van der Waals surface area contributed by atoms with Crippen LogP contribution in [0.3, 0.4) is 0 Å². The summed E-state index contributed by atoms with van der Waals surface area (Å²) in [4.78, 5) is 0. The molecular weight excluding hydrogens is 310 g/mol. The van der Waals surface area contributed by atoms with Crippen molar-refractivity contribution in [1.82, 2.24) is 5.32 Å². The molecule has 0 atom stereocenters. The molecule has 0 saturated carbocycles. The van der Waals surface area contributed by atoms with Gasteiger partial charge in [0, 0.05) is 13.1 Å². The first-order valence-electron chi connectivity index (χ1n) is 7.50. The van der Waals surface area contributed by atoms with Gasteiger partial charge in [0.15, 0.2) is 11.5 Å². The lowest BCUT2D eigenvalue weighted by molar-refractivity contribution is 0.284. The predicted octanol–water partition coefficient (Wildman–Crippen LogP) is 4.51. The summed E-state index contributed by atoms with van der Waals surface area (Å²) in [7, 11) is 1.62. The van der Waals surface area contributed by atoms with E-state index in [9.17, 15) is 0 Å². The van der Waals surface area contributed by atoms with E-state index in [2.05, 4.69) is 31.0 Å². The molecule has 0 saturated heterocycles. The van der Waals surface area contributed by atoms with Gasteiger partial charge in [0.05, 0.1) is 12.1 Å². The van der Waals surface area contributed by atoms with E-state index in [0.717, 1.165) is 17.7 Å². The largest absolute Gasteiger partial charge is 0.493 e. The zero-order valence-electron chi connectivity index (χ0n) is 13.6. The molecule has 0 aliphatic carbocycles. The van der Waals surface area contributed by atoms with Crippen LogP contribution in [0.15, 0.2) is 49.1 Å². The Kier molecular flexibility index (Phi) is 6.51. The second kappa shape index (κ2) is 8.61. The van der Waals surface area contributed by atoms with Crippen LogP contribution in [0.4, 0.5) is 0 Å². The van der Waals surface area contributed by atoms with Crippen molar-refractivity contribution in [2.45, 2.75) is 20.1 Å². The molecule has 0 radical (unpaired) electrons. The number of benzene rings is 2. The molecular formula is C19H22ClNO2. The second-order valence-corrected chi connectivity index (χ2v) is 5.71. The Labute approximate surface area is 142 Å². The Morgan fingerprint density at radius 2 is 1.91 bits per heavy atom. The van der Waals surface area contributed by atoms with Gasteiger partial charge in [-0.05, 0) is 30.2 Å². The van der Waals surface area contributed by atoms with E-state index < -0.39 is 0 Å². The summed E-state index contributed by atoms with van der Waals surface area (Å²) in [6, 6.07) is 12.0. The van der Waals surface area contributed by atoms with Gasteiger partial charge in [0.1, 0.15) is 6.61 Å². The van der Waals surface area contributed by atoms with Gasteiger partial charge >= 0.3 is 0 Å². The number of hydrogen-bond acceptors (Lipinski definition) is 3. The number of rotatable bonds is 8. The number of halogens is 1. The molecule has 0 unspecified atom stereocenters. The maximum Gasteiger partial charge on any atom is 0.180 e. The lowest BCUT2D eigenvalue weighted by atomic mass is 10.1. The quantitative estimate of drug-likeness (QED) is 0.570. The van der Waals surface area contributed by atoms with Gasteiger partial charge in [0.25, 0.3) is 0 Å². The molecule has 0 aliphatic rings. The van der Waals surface area contributed by atoms with Gasteiger partial charge in [-0.1, -0.05) is 47.5 Å². The van der Waals surface area contributed by atoms with Gasteiger partial charge < -0.3 is 14.8 Å². The Balaban J connectivity index is 2.10. The summed E-state index contributed by atoms with van der Waals surface area (Å²) >= 11 is 6.36. The van der Waals surface area contributed by atoms with Crippen LogP contribution in [0.5, 0.6) is 11.5 Å². The highest BCUT2D eigenvalue weighted by molar-refractivity contribution is 6.32. The SMILES string of the molecule is C=CCNCc1cc(Cl)c(OCc2ccc(C)cc2)c(OC)c1. The fraction of sp³-hybridized carbons (Fsp3) is 0.263. The Morgan fingerprint density at radius 1 is 1.17 bits per heavy atom. The van der Waals surface area contributed by atoms with E-state index in [1.807, 2.05) is 30.3 Å². The van der Waals surface area contributed by atoms with Crippen LogP contribution >= 0.6 is 11.6 Å². The lowest BCUT2D eigenvalue weighted by Gasteiger charge is -2.14. The number of ether oxygens (including phenoxy) is 2. The third kappa shape index (κ3) is 5.02. The normalized spacial score (nSPS) is 10.4. The first kappa shape index (κ1) is 17.4. The molecule has 0 heterocycles. The molecule has 0 aliphatic heterocycles. The molecule has 1 N–H and O–H groups in total. The van der Waals surface area contributed by atoms with Gasteiger partial charge in [-0.2, -0.15) is 0 Å². The van der Waals surface area contributed by atoms with Crippen LogP contribution in [0.1, 0.15) is 16.7 Å². The zero-order valence-corrected chi connectivity index (χ0v) is 14.3. The summed E-state index contributed by atoms with van der Waals surface area (Å²) in [6.45, 7) is 7.63. The first-order valence-corrected chi connectivity index (χ1v) is 7.88. The van der Waals surface area contributed by atoms with E-state index in [4.69, 9.17) is 21.1 Å². The molecule has 0 aromatic heterocycles. The van der Waals surface area contributed by atoms with Crippen molar-refractivity contribution in [3.63, 3.8) is 0 Å². The Bertz CT molecular complexity index is 653. The second-order valence-electron chi connectivity index (χ2n) is 5.30. The van der Waals surface area contributed by atoms with E-state index in [0.29, 0.717) is 29.7 Å². The molecule has 23 heavy (non-hydrogen) atoms. The maximum atomic E-state index is 6.36. The van der Waals surface area contributed by atoms with Crippen LogP contribution in [-0.2, 0) is 13.2 Å². The minimum absolute atomic E-state index is 0.449. The maximum absolute atomic E-state index is 6.36. The van der Waals surface area contributed by atoms with Crippen LogP contribution in [0.2, 0.25) is 5.02 Å². The highest BCUT2D eigenvalue weighted by Gasteiger charge is 2.12. The van der Waals surface area contributed by atoms with E-state index >= 15 is 0 Å². The average molecular weight is 332 g/mol. The monoisotopic (exact) mass is 331 g/mol. The molecule has 2 rings (SSSR count). The third-order valence-electron chi connectivity index (χ3n) is 3.41. The molecule has 4 heteroatoms.